The van der Waals surface area contributed by atoms with Crippen molar-refractivity contribution in [3.8, 4) is 0 Å². The largest absolute Gasteiger partial charge is 0.481 e. The van der Waals surface area contributed by atoms with Gasteiger partial charge in [-0.25, -0.2) is 0 Å². The van der Waals surface area contributed by atoms with Gasteiger partial charge in [0.2, 0.25) is 0 Å². The lowest BCUT2D eigenvalue weighted by atomic mass is 10.0. The summed E-state index contributed by atoms with van der Waals surface area (Å²) < 4.78 is 5.24. The van der Waals surface area contributed by atoms with E-state index >= 15 is 0 Å². The predicted octanol–water partition coefficient (Wildman–Crippen LogP) is 2.98. The van der Waals surface area contributed by atoms with Gasteiger partial charge in [-0.1, -0.05) is 24.3 Å². The van der Waals surface area contributed by atoms with Gasteiger partial charge in [-0.3, -0.25) is 9.59 Å². The van der Waals surface area contributed by atoms with Crippen molar-refractivity contribution in [2.75, 3.05) is 0 Å². The highest BCUT2D eigenvalue weighted by atomic mass is 16.6. The van der Waals surface area contributed by atoms with Crippen molar-refractivity contribution in [3.63, 3.8) is 0 Å². The summed E-state index contributed by atoms with van der Waals surface area (Å²) in [5.74, 6) is -0.994. The molecule has 0 aliphatic rings. The van der Waals surface area contributed by atoms with E-state index in [0.29, 0.717) is 19.3 Å². The van der Waals surface area contributed by atoms with Crippen LogP contribution < -0.4 is 0 Å². The van der Waals surface area contributed by atoms with E-state index in [1.54, 1.807) is 0 Å². The van der Waals surface area contributed by atoms with Gasteiger partial charge >= 0.3 is 11.9 Å². The second-order valence-corrected chi connectivity index (χ2v) is 5.80. The van der Waals surface area contributed by atoms with E-state index in [9.17, 15) is 9.59 Å². The maximum absolute atomic E-state index is 11.6. The smallest absolute Gasteiger partial charge is 0.306 e. The number of carbonyl (C=O) groups is 2. The zero-order chi connectivity index (χ0) is 15.2. The second kappa shape index (κ2) is 7.08. The Balaban J connectivity index is 2.42. The van der Waals surface area contributed by atoms with Gasteiger partial charge in [-0.2, -0.15) is 0 Å². The Kier molecular flexibility index (Phi) is 5.74. The molecular weight excluding hydrogens is 256 g/mol. The van der Waals surface area contributed by atoms with Crippen molar-refractivity contribution in [3.05, 3.63) is 35.4 Å². The molecule has 1 aromatic carbocycles. The molecule has 0 spiro atoms. The molecule has 0 bridgehead atoms. The summed E-state index contributed by atoms with van der Waals surface area (Å²) in [6.45, 7) is 5.55. The van der Waals surface area contributed by atoms with Crippen LogP contribution in [0.15, 0.2) is 24.3 Å². The molecule has 0 fully saturated rings. The summed E-state index contributed by atoms with van der Waals surface area (Å²) in [5, 5.41) is 8.62. The molecule has 0 amide bonds. The highest BCUT2D eigenvalue weighted by Crippen LogP contribution is 2.12. The third kappa shape index (κ3) is 6.92. The molecule has 0 heterocycles. The Labute approximate surface area is 119 Å². The number of benzene rings is 1. The minimum atomic E-state index is -0.793. The van der Waals surface area contributed by atoms with Crippen molar-refractivity contribution in [2.45, 2.75) is 52.1 Å². The molecule has 0 saturated heterocycles. The minimum Gasteiger partial charge on any atom is -0.481 e. The molecular formula is C16H22O4. The number of esters is 1. The molecule has 20 heavy (non-hydrogen) atoms. The van der Waals surface area contributed by atoms with Gasteiger partial charge in [0.15, 0.2) is 0 Å². The Morgan fingerprint density at radius 2 is 1.45 bits per heavy atom. The maximum Gasteiger partial charge on any atom is 0.306 e. The van der Waals surface area contributed by atoms with E-state index in [4.69, 9.17) is 9.84 Å². The van der Waals surface area contributed by atoms with Crippen LogP contribution in [-0.2, 0) is 27.2 Å². The van der Waals surface area contributed by atoms with Crippen molar-refractivity contribution >= 4 is 11.9 Å². The first kappa shape index (κ1) is 16.2. The lowest BCUT2D eigenvalue weighted by Crippen LogP contribution is -2.23. The van der Waals surface area contributed by atoms with E-state index < -0.39 is 11.6 Å². The average Bonchev–Trinajstić information content (AvgIpc) is 2.33. The highest BCUT2D eigenvalue weighted by molar-refractivity contribution is 5.70. The van der Waals surface area contributed by atoms with Crippen molar-refractivity contribution in [1.29, 1.82) is 0 Å². The van der Waals surface area contributed by atoms with Crippen LogP contribution >= 0.6 is 0 Å². The topological polar surface area (TPSA) is 63.6 Å². The van der Waals surface area contributed by atoms with Gasteiger partial charge in [-0.05, 0) is 44.7 Å². The van der Waals surface area contributed by atoms with Gasteiger partial charge in [0, 0.05) is 12.8 Å². The number of carboxylic acid groups (broad SMARTS) is 1. The molecule has 0 aromatic heterocycles. The van der Waals surface area contributed by atoms with E-state index in [1.807, 2.05) is 45.0 Å². The van der Waals surface area contributed by atoms with Crippen LogP contribution in [0.4, 0.5) is 0 Å². The van der Waals surface area contributed by atoms with E-state index in [2.05, 4.69) is 0 Å². The van der Waals surface area contributed by atoms with Crippen LogP contribution in [0.25, 0.3) is 0 Å². The summed E-state index contributed by atoms with van der Waals surface area (Å²) in [6.07, 6.45) is 1.65. The lowest BCUT2D eigenvalue weighted by Gasteiger charge is -2.19. The standard InChI is InChI=1S/C16H22O4/c1-16(2,3)20-15(19)11-9-13-6-4-12(5-7-13)8-10-14(17)18/h4-7H,8-11H2,1-3H3,(H,17,18). The molecule has 1 rings (SSSR count). The first-order valence-electron chi connectivity index (χ1n) is 6.78. The number of carboxylic acids is 1. The van der Waals surface area contributed by atoms with Gasteiger partial charge in [-0.15, -0.1) is 0 Å². The number of ether oxygens (including phenoxy) is 1. The molecule has 4 heteroatoms. The molecule has 110 valence electrons. The van der Waals surface area contributed by atoms with Crippen molar-refractivity contribution < 1.29 is 19.4 Å². The fraction of sp³-hybridized carbons (Fsp3) is 0.500. The molecule has 0 aliphatic carbocycles. The molecule has 0 atom stereocenters. The summed E-state index contributed by atoms with van der Waals surface area (Å²) in [4.78, 5) is 22.1. The van der Waals surface area contributed by atoms with Gasteiger partial charge < -0.3 is 9.84 Å². The number of aliphatic carboxylic acids is 1. The number of hydrogen-bond acceptors (Lipinski definition) is 3. The Morgan fingerprint density at radius 3 is 1.85 bits per heavy atom. The number of aryl methyl sites for hydroxylation is 2. The monoisotopic (exact) mass is 278 g/mol. The van der Waals surface area contributed by atoms with Gasteiger partial charge in [0.1, 0.15) is 5.60 Å². The zero-order valence-electron chi connectivity index (χ0n) is 12.3. The van der Waals surface area contributed by atoms with Crippen LogP contribution in [0.2, 0.25) is 0 Å². The first-order chi connectivity index (χ1) is 9.26. The fourth-order valence-electron chi connectivity index (χ4n) is 1.76. The van der Waals surface area contributed by atoms with Crippen LogP contribution in [0.5, 0.6) is 0 Å². The van der Waals surface area contributed by atoms with E-state index in [0.717, 1.165) is 11.1 Å². The average molecular weight is 278 g/mol. The summed E-state index contributed by atoms with van der Waals surface area (Å²) in [5.41, 5.74) is 1.60. The molecule has 0 saturated carbocycles. The van der Waals surface area contributed by atoms with Crippen LogP contribution in [0.3, 0.4) is 0 Å². The zero-order valence-corrected chi connectivity index (χ0v) is 12.3. The second-order valence-electron chi connectivity index (χ2n) is 5.80. The summed E-state index contributed by atoms with van der Waals surface area (Å²) >= 11 is 0. The van der Waals surface area contributed by atoms with Gasteiger partial charge in [0.05, 0.1) is 0 Å². The molecule has 1 aromatic rings. The Bertz CT molecular complexity index is 454. The quantitative estimate of drug-likeness (QED) is 0.812. The predicted molar refractivity (Wildman–Crippen MR) is 76.6 cm³/mol. The maximum atomic E-state index is 11.6. The normalized spacial score (nSPS) is 11.2. The Hall–Kier alpha value is -1.84. The fourth-order valence-corrected chi connectivity index (χ4v) is 1.76. The molecule has 0 aliphatic heterocycles. The van der Waals surface area contributed by atoms with Crippen LogP contribution in [-0.4, -0.2) is 22.6 Å². The number of hydrogen-bond donors (Lipinski definition) is 1. The Morgan fingerprint density at radius 1 is 1.00 bits per heavy atom. The van der Waals surface area contributed by atoms with Crippen molar-refractivity contribution in [1.82, 2.24) is 0 Å². The molecule has 1 N–H and O–H groups in total. The van der Waals surface area contributed by atoms with Crippen LogP contribution in [0, 0.1) is 0 Å². The first-order valence-corrected chi connectivity index (χ1v) is 6.78. The SMILES string of the molecule is CC(C)(C)OC(=O)CCc1ccc(CCC(=O)O)cc1. The summed E-state index contributed by atoms with van der Waals surface area (Å²) in [6, 6.07) is 7.68. The number of rotatable bonds is 6. The third-order valence-electron chi connectivity index (χ3n) is 2.69. The highest BCUT2D eigenvalue weighted by Gasteiger charge is 2.15. The van der Waals surface area contributed by atoms with Gasteiger partial charge in [0.25, 0.3) is 0 Å². The lowest BCUT2D eigenvalue weighted by molar-refractivity contribution is -0.154. The molecule has 0 unspecified atom stereocenters. The van der Waals surface area contributed by atoms with E-state index in [1.165, 1.54) is 0 Å². The minimum absolute atomic E-state index is 0.136. The van der Waals surface area contributed by atoms with Crippen LogP contribution in [0.1, 0.15) is 44.7 Å². The summed E-state index contributed by atoms with van der Waals surface area (Å²) in [7, 11) is 0. The molecule has 4 nitrogen and oxygen atoms in total. The number of carbonyl (C=O) groups excluding carboxylic acids is 1. The molecule has 0 radical (unpaired) electrons. The third-order valence-corrected chi connectivity index (χ3v) is 2.69. The van der Waals surface area contributed by atoms with Crippen molar-refractivity contribution in [2.24, 2.45) is 0 Å². The van der Waals surface area contributed by atoms with E-state index in [-0.39, 0.29) is 12.4 Å².